The standard InChI is InChI=1S/C21H19ClN6O3/c1-29-16-10-13(11-17(30-2)18(16)31-3)19-25-21(28-27-19)26-20-23-9-8-15(24-20)12-4-6-14(22)7-5-12/h4-11H,1-3H3,(H2,23,24,25,26,27,28). The maximum Gasteiger partial charge on any atom is 0.249 e. The van der Waals surface area contributed by atoms with Crippen LogP contribution >= 0.6 is 11.6 Å². The number of hydrogen-bond acceptors (Lipinski definition) is 8. The van der Waals surface area contributed by atoms with E-state index in [1.54, 1.807) is 39.7 Å². The lowest BCUT2D eigenvalue weighted by Gasteiger charge is -2.13. The highest BCUT2D eigenvalue weighted by Crippen LogP contribution is 2.40. The lowest BCUT2D eigenvalue weighted by Crippen LogP contribution is -1.99. The van der Waals surface area contributed by atoms with Crippen molar-refractivity contribution in [3.63, 3.8) is 0 Å². The maximum absolute atomic E-state index is 5.96. The molecule has 0 fully saturated rings. The predicted octanol–water partition coefficient (Wildman–Crippen LogP) is 4.35. The van der Waals surface area contributed by atoms with Crippen molar-refractivity contribution >= 4 is 23.5 Å². The summed E-state index contributed by atoms with van der Waals surface area (Å²) < 4.78 is 16.1. The molecule has 9 nitrogen and oxygen atoms in total. The van der Waals surface area contributed by atoms with Gasteiger partial charge >= 0.3 is 0 Å². The van der Waals surface area contributed by atoms with Crippen molar-refractivity contribution in [2.24, 2.45) is 0 Å². The first-order valence-corrected chi connectivity index (χ1v) is 9.58. The molecule has 0 bridgehead atoms. The molecular formula is C21H19ClN6O3. The van der Waals surface area contributed by atoms with Gasteiger partial charge in [-0.25, -0.2) is 9.97 Å². The van der Waals surface area contributed by atoms with Crippen molar-refractivity contribution in [2.45, 2.75) is 0 Å². The largest absolute Gasteiger partial charge is 0.493 e. The molecule has 0 saturated heterocycles. The number of methoxy groups -OCH3 is 3. The first-order chi connectivity index (χ1) is 15.1. The molecule has 10 heteroatoms. The molecule has 0 aliphatic carbocycles. The van der Waals surface area contributed by atoms with Gasteiger partial charge in [0.2, 0.25) is 17.6 Å². The first-order valence-electron chi connectivity index (χ1n) is 9.20. The summed E-state index contributed by atoms with van der Waals surface area (Å²) in [5, 5.41) is 10.8. The number of aromatic amines is 1. The Kier molecular flexibility index (Phi) is 5.85. The van der Waals surface area contributed by atoms with Crippen molar-refractivity contribution in [1.29, 1.82) is 0 Å². The van der Waals surface area contributed by atoms with Crippen LogP contribution in [0.3, 0.4) is 0 Å². The molecule has 31 heavy (non-hydrogen) atoms. The van der Waals surface area contributed by atoms with Crippen LogP contribution in [0.5, 0.6) is 17.2 Å². The van der Waals surface area contributed by atoms with Crippen LogP contribution in [0.2, 0.25) is 5.02 Å². The summed E-state index contributed by atoms with van der Waals surface area (Å²) in [5.74, 6) is 2.72. The summed E-state index contributed by atoms with van der Waals surface area (Å²) in [7, 11) is 4.66. The van der Waals surface area contributed by atoms with E-state index >= 15 is 0 Å². The SMILES string of the molecule is COc1cc(-c2nc(Nc3nccc(-c4ccc(Cl)cc4)n3)n[nH]2)cc(OC)c1OC. The summed E-state index contributed by atoms with van der Waals surface area (Å²) in [6.45, 7) is 0. The monoisotopic (exact) mass is 438 g/mol. The quantitative estimate of drug-likeness (QED) is 0.438. The number of ether oxygens (including phenoxy) is 3. The number of hydrogen-bond donors (Lipinski definition) is 2. The number of H-pyrrole nitrogens is 1. The zero-order valence-electron chi connectivity index (χ0n) is 17.0. The van der Waals surface area contributed by atoms with Crippen LogP contribution in [0.1, 0.15) is 0 Å². The Labute approximate surface area is 183 Å². The van der Waals surface area contributed by atoms with Gasteiger partial charge in [-0.3, -0.25) is 10.4 Å². The fraction of sp³-hybridized carbons (Fsp3) is 0.143. The van der Waals surface area contributed by atoms with Crippen molar-refractivity contribution in [3.05, 3.63) is 53.7 Å². The molecule has 0 atom stereocenters. The van der Waals surface area contributed by atoms with Gasteiger partial charge in [0.25, 0.3) is 0 Å². The Morgan fingerprint density at radius 1 is 0.839 bits per heavy atom. The molecule has 4 rings (SSSR count). The van der Waals surface area contributed by atoms with Gasteiger partial charge < -0.3 is 14.2 Å². The van der Waals surface area contributed by atoms with E-state index < -0.39 is 0 Å². The Morgan fingerprint density at radius 2 is 1.55 bits per heavy atom. The minimum atomic E-state index is 0.317. The molecule has 158 valence electrons. The second-order valence-corrected chi connectivity index (χ2v) is 6.76. The molecule has 2 aromatic heterocycles. The summed E-state index contributed by atoms with van der Waals surface area (Å²) in [4.78, 5) is 13.2. The number of aromatic nitrogens is 5. The number of rotatable bonds is 7. The topological polar surface area (TPSA) is 107 Å². The van der Waals surface area contributed by atoms with Gasteiger partial charge in [0.15, 0.2) is 17.3 Å². The summed E-state index contributed by atoms with van der Waals surface area (Å²) in [6.07, 6.45) is 1.66. The van der Waals surface area contributed by atoms with Crippen LogP contribution in [0.4, 0.5) is 11.9 Å². The Morgan fingerprint density at radius 3 is 2.19 bits per heavy atom. The van der Waals surface area contributed by atoms with Gasteiger partial charge in [0, 0.05) is 22.3 Å². The minimum absolute atomic E-state index is 0.317. The lowest BCUT2D eigenvalue weighted by molar-refractivity contribution is 0.324. The highest BCUT2D eigenvalue weighted by molar-refractivity contribution is 6.30. The van der Waals surface area contributed by atoms with Crippen LogP contribution < -0.4 is 19.5 Å². The van der Waals surface area contributed by atoms with E-state index in [2.05, 4.69) is 30.5 Å². The third-order valence-corrected chi connectivity index (χ3v) is 4.69. The number of nitrogens with one attached hydrogen (secondary N) is 2. The van der Waals surface area contributed by atoms with Gasteiger partial charge in [-0.05, 0) is 30.3 Å². The number of benzene rings is 2. The molecule has 0 spiro atoms. The second-order valence-electron chi connectivity index (χ2n) is 6.32. The van der Waals surface area contributed by atoms with E-state index in [0.29, 0.717) is 45.6 Å². The van der Waals surface area contributed by atoms with E-state index in [4.69, 9.17) is 25.8 Å². The Bertz CT molecular complexity index is 1170. The fourth-order valence-corrected chi connectivity index (χ4v) is 3.09. The van der Waals surface area contributed by atoms with Crippen molar-refractivity contribution in [1.82, 2.24) is 25.1 Å². The molecule has 0 unspecified atom stereocenters. The number of anilines is 2. The van der Waals surface area contributed by atoms with Crippen LogP contribution in [0.15, 0.2) is 48.7 Å². The van der Waals surface area contributed by atoms with Crippen molar-refractivity contribution in [2.75, 3.05) is 26.6 Å². The van der Waals surface area contributed by atoms with Crippen LogP contribution in [-0.4, -0.2) is 46.5 Å². The third kappa shape index (κ3) is 4.36. The molecule has 4 aromatic rings. The summed E-state index contributed by atoms with van der Waals surface area (Å²) in [6, 6.07) is 12.8. The number of nitrogens with zero attached hydrogens (tertiary/aromatic N) is 4. The highest BCUT2D eigenvalue weighted by Gasteiger charge is 2.16. The van der Waals surface area contributed by atoms with Crippen molar-refractivity contribution < 1.29 is 14.2 Å². The van der Waals surface area contributed by atoms with Crippen LogP contribution in [0, 0.1) is 0 Å². The van der Waals surface area contributed by atoms with Gasteiger partial charge in [0.05, 0.1) is 27.0 Å². The molecule has 0 aliphatic rings. The first kappa shape index (κ1) is 20.4. The molecule has 0 aliphatic heterocycles. The summed E-state index contributed by atoms with van der Waals surface area (Å²) in [5.41, 5.74) is 2.38. The zero-order valence-corrected chi connectivity index (χ0v) is 17.8. The van der Waals surface area contributed by atoms with Gasteiger partial charge in [-0.15, -0.1) is 5.10 Å². The predicted molar refractivity (Wildman–Crippen MR) is 117 cm³/mol. The average molecular weight is 439 g/mol. The van der Waals surface area contributed by atoms with Gasteiger partial charge in [-0.1, -0.05) is 23.7 Å². The zero-order chi connectivity index (χ0) is 21.8. The minimum Gasteiger partial charge on any atom is -0.493 e. The van der Waals surface area contributed by atoms with E-state index in [1.807, 2.05) is 30.3 Å². The fourth-order valence-electron chi connectivity index (χ4n) is 2.96. The second kappa shape index (κ2) is 8.88. The highest BCUT2D eigenvalue weighted by atomic mass is 35.5. The molecule has 2 N–H and O–H groups in total. The van der Waals surface area contributed by atoms with Gasteiger partial charge in [-0.2, -0.15) is 4.98 Å². The molecular weight excluding hydrogens is 420 g/mol. The lowest BCUT2D eigenvalue weighted by atomic mass is 10.1. The number of halogens is 1. The van der Waals surface area contributed by atoms with Crippen molar-refractivity contribution in [3.8, 4) is 39.9 Å². The maximum atomic E-state index is 5.96. The Balaban J connectivity index is 1.59. The van der Waals surface area contributed by atoms with E-state index in [9.17, 15) is 0 Å². The average Bonchev–Trinajstić information content (AvgIpc) is 3.27. The van der Waals surface area contributed by atoms with E-state index in [0.717, 1.165) is 11.3 Å². The smallest absolute Gasteiger partial charge is 0.249 e. The molecule has 2 heterocycles. The normalized spacial score (nSPS) is 10.6. The molecule has 0 saturated carbocycles. The van der Waals surface area contributed by atoms with Gasteiger partial charge in [0.1, 0.15) is 0 Å². The van der Waals surface area contributed by atoms with Crippen LogP contribution in [-0.2, 0) is 0 Å². The summed E-state index contributed by atoms with van der Waals surface area (Å²) >= 11 is 5.96. The van der Waals surface area contributed by atoms with E-state index in [-0.39, 0.29) is 0 Å². The molecule has 0 radical (unpaired) electrons. The van der Waals surface area contributed by atoms with Crippen LogP contribution in [0.25, 0.3) is 22.6 Å². The Hall–Kier alpha value is -3.85. The third-order valence-electron chi connectivity index (χ3n) is 4.44. The molecule has 2 aromatic carbocycles. The van der Waals surface area contributed by atoms with E-state index in [1.165, 1.54) is 0 Å². The molecule has 0 amide bonds.